The van der Waals surface area contributed by atoms with Crippen LogP contribution in [0.4, 0.5) is 0 Å². The first-order chi connectivity index (χ1) is 6.74. The third-order valence-electron chi connectivity index (χ3n) is 2.99. The maximum atomic E-state index is 10.5. The standard InChI is InChI=1S/C11H20O3/c1-2-9(6-7-11(12)13)10-5-3-4-8-14-10/h9-10H,2-8H2,1H3,(H,12,13). The van der Waals surface area contributed by atoms with Crippen molar-refractivity contribution in [2.75, 3.05) is 6.61 Å². The van der Waals surface area contributed by atoms with Gasteiger partial charge in [-0.05, 0) is 31.6 Å². The summed E-state index contributed by atoms with van der Waals surface area (Å²) in [5, 5.41) is 8.62. The van der Waals surface area contributed by atoms with E-state index in [0.29, 0.717) is 12.0 Å². The van der Waals surface area contributed by atoms with Crippen LogP contribution in [-0.4, -0.2) is 23.8 Å². The molecule has 1 N–H and O–H groups in total. The molecule has 1 rings (SSSR count). The Hall–Kier alpha value is -0.570. The van der Waals surface area contributed by atoms with Crippen LogP contribution in [0.1, 0.15) is 45.4 Å². The second-order valence-electron chi connectivity index (χ2n) is 4.01. The lowest BCUT2D eigenvalue weighted by Gasteiger charge is -2.29. The summed E-state index contributed by atoms with van der Waals surface area (Å²) in [5.41, 5.74) is 0. The van der Waals surface area contributed by atoms with E-state index in [1.54, 1.807) is 0 Å². The Kier molecular flexibility index (Phi) is 4.94. The predicted octanol–water partition coefficient (Wildman–Crippen LogP) is 2.45. The number of aliphatic carboxylic acids is 1. The highest BCUT2D eigenvalue weighted by molar-refractivity contribution is 5.66. The summed E-state index contributed by atoms with van der Waals surface area (Å²) in [6.45, 7) is 2.97. The zero-order valence-corrected chi connectivity index (χ0v) is 8.87. The van der Waals surface area contributed by atoms with Gasteiger partial charge in [-0.3, -0.25) is 4.79 Å². The molecule has 1 saturated heterocycles. The summed E-state index contributed by atoms with van der Waals surface area (Å²) in [5.74, 6) is -0.259. The number of ether oxygens (including phenoxy) is 1. The van der Waals surface area contributed by atoms with Crippen molar-refractivity contribution in [3.05, 3.63) is 0 Å². The average Bonchev–Trinajstić information content (AvgIpc) is 2.20. The minimum absolute atomic E-state index is 0.276. The summed E-state index contributed by atoms with van der Waals surface area (Å²) >= 11 is 0. The maximum Gasteiger partial charge on any atom is 0.303 e. The van der Waals surface area contributed by atoms with Crippen LogP contribution in [0.2, 0.25) is 0 Å². The molecule has 0 amide bonds. The van der Waals surface area contributed by atoms with Crippen molar-refractivity contribution in [2.24, 2.45) is 5.92 Å². The average molecular weight is 200 g/mol. The van der Waals surface area contributed by atoms with Gasteiger partial charge >= 0.3 is 5.97 Å². The van der Waals surface area contributed by atoms with E-state index in [1.807, 2.05) is 0 Å². The lowest BCUT2D eigenvalue weighted by molar-refractivity contribution is -0.137. The molecule has 1 heterocycles. The van der Waals surface area contributed by atoms with Gasteiger partial charge in [0, 0.05) is 13.0 Å². The number of carboxylic acid groups (broad SMARTS) is 1. The van der Waals surface area contributed by atoms with E-state index in [9.17, 15) is 4.79 Å². The summed E-state index contributed by atoms with van der Waals surface area (Å²) in [4.78, 5) is 10.5. The number of hydrogen-bond donors (Lipinski definition) is 1. The van der Waals surface area contributed by atoms with E-state index < -0.39 is 5.97 Å². The first kappa shape index (κ1) is 11.5. The van der Waals surface area contributed by atoms with Crippen molar-refractivity contribution in [3.63, 3.8) is 0 Å². The van der Waals surface area contributed by atoms with Gasteiger partial charge in [-0.2, -0.15) is 0 Å². The minimum Gasteiger partial charge on any atom is -0.481 e. The molecule has 3 nitrogen and oxygen atoms in total. The second-order valence-corrected chi connectivity index (χ2v) is 4.01. The van der Waals surface area contributed by atoms with Gasteiger partial charge in [-0.25, -0.2) is 0 Å². The van der Waals surface area contributed by atoms with Gasteiger partial charge in [0.1, 0.15) is 0 Å². The largest absolute Gasteiger partial charge is 0.481 e. The Balaban J connectivity index is 2.31. The van der Waals surface area contributed by atoms with Crippen LogP contribution in [0.5, 0.6) is 0 Å². The molecule has 3 heteroatoms. The first-order valence-electron chi connectivity index (χ1n) is 5.57. The Morgan fingerprint density at radius 1 is 1.57 bits per heavy atom. The number of rotatable bonds is 5. The quantitative estimate of drug-likeness (QED) is 0.741. The summed E-state index contributed by atoms with van der Waals surface area (Å²) in [6, 6.07) is 0. The Morgan fingerprint density at radius 2 is 2.36 bits per heavy atom. The molecule has 2 unspecified atom stereocenters. The van der Waals surface area contributed by atoms with Crippen LogP contribution >= 0.6 is 0 Å². The van der Waals surface area contributed by atoms with Crippen molar-refractivity contribution in [1.29, 1.82) is 0 Å². The molecule has 1 aliphatic rings. The van der Waals surface area contributed by atoms with Crippen LogP contribution in [0.15, 0.2) is 0 Å². The zero-order valence-electron chi connectivity index (χ0n) is 8.87. The van der Waals surface area contributed by atoms with Crippen molar-refractivity contribution >= 4 is 5.97 Å². The van der Waals surface area contributed by atoms with E-state index in [-0.39, 0.29) is 6.42 Å². The molecule has 0 radical (unpaired) electrons. The smallest absolute Gasteiger partial charge is 0.303 e. The van der Waals surface area contributed by atoms with Crippen molar-refractivity contribution in [1.82, 2.24) is 0 Å². The van der Waals surface area contributed by atoms with Gasteiger partial charge in [-0.15, -0.1) is 0 Å². The molecule has 0 aromatic carbocycles. The van der Waals surface area contributed by atoms with Crippen molar-refractivity contribution < 1.29 is 14.6 Å². The Bertz CT molecular complexity index is 173. The van der Waals surface area contributed by atoms with E-state index in [0.717, 1.165) is 32.3 Å². The monoisotopic (exact) mass is 200 g/mol. The number of carbonyl (C=O) groups is 1. The zero-order chi connectivity index (χ0) is 10.4. The van der Waals surface area contributed by atoms with Crippen LogP contribution in [0.25, 0.3) is 0 Å². The Labute approximate surface area is 85.5 Å². The molecule has 0 saturated carbocycles. The summed E-state index contributed by atoms with van der Waals surface area (Å²) in [6.07, 6.45) is 5.87. The second kappa shape index (κ2) is 6.02. The van der Waals surface area contributed by atoms with Crippen LogP contribution in [-0.2, 0) is 9.53 Å². The van der Waals surface area contributed by atoms with E-state index >= 15 is 0 Å². The molecule has 14 heavy (non-hydrogen) atoms. The molecular formula is C11H20O3. The first-order valence-corrected chi connectivity index (χ1v) is 5.57. The van der Waals surface area contributed by atoms with Gasteiger partial charge in [0.2, 0.25) is 0 Å². The maximum absolute atomic E-state index is 10.5. The SMILES string of the molecule is CCC(CCC(=O)O)C1CCCCO1. The molecular weight excluding hydrogens is 180 g/mol. The molecule has 0 bridgehead atoms. The molecule has 2 atom stereocenters. The minimum atomic E-state index is -0.695. The van der Waals surface area contributed by atoms with Crippen LogP contribution in [0, 0.1) is 5.92 Å². The fourth-order valence-corrected chi connectivity index (χ4v) is 2.10. The molecule has 1 aliphatic heterocycles. The third kappa shape index (κ3) is 3.66. The fraction of sp³-hybridized carbons (Fsp3) is 0.909. The molecule has 0 aromatic heterocycles. The van der Waals surface area contributed by atoms with Crippen LogP contribution < -0.4 is 0 Å². The normalized spacial score (nSPS) is 24.5. The highest BCUT2D eigenvalue weighted by atomic mass is 16.5. The Morgan fingerprint density at radius 3 is 2.86 bits per heavy atom. The van der Waals surface area contributed by atoms with Gasteiger partial charge in [0.15, 0.2) is 0 Å². The predicted molar refractivity (Wildman–Crippen MR) is 54.2 cm³/mol. The number of carboxylic acids is 1. The third-order valence-corrected chi connectivity index (χ3v) is 2.99. The summed E-state index contributed by atoms with van der Waals surface area (Å²) < 4.78 is 5.67. The molecule has 0 spiro atoms. The molecule has 1 fully saturated rings. The van der Waals surface area contributed by atoms with Crippen molar-refractivity contribution in [2.45, 2.75) is 51.6 Å². The fourth-order valence-electron chi connectivity index (χ4n) is 2.10. The van der Waals surface area contributed by atoms with Crippen molar-refractivity contribution in [3.8, 4) is 0 Å². The molecule has 0 aromatic rings. The number of hydrogen-bond acceptors (Lipinski definition) is 2. The van der Waals surface area contributed by atoms with Gasteiger partial charge in [-0.1, -0.05) is 13.3 Å². The van der Waals surface area contributed by atoms with E-state index in [4.69, 9.17) is 9.84 Å². The summed E-state index contributed by atoms with van der Waals surface area (Å²) in [7, 11) is 0. The van der Waals surface area contributed by atoms with Gasteiger partial charge in [0.05, 0.1) is 6.10 Å². The van der Waals surface area contributed by atoms with Crippen LogP contribution in [0.3, 0.4) is 0 Å². The lowest BCUT2D eigenvalue weighted by Crippen LogP contribution is -2.28. The van der Waals surface area contributed by atoms with E-state index in [2.05, 4.69) is 6.92 Å². The van der Waals surface area contributed by atoms with Gasteiger partial charge in [0.25, 0.3) is 0 Å². The molecule has 82 valence electrons. The lowest BCUT2D eigenvalue weighted by atomic mass is 9.89. The highest BCUT2D eigenvalue weighted by Gasteiger charge is 2.23. The highest BCUT2D eigenvalue weighted by Crippen LogP contribution is 2.25. The van der Waals surface area contributed by atoms with Gasteiger partial charge < -0.3 is 9.84 Å². The van der Waals surface area contributed by atoms with E-state index in [1.165, 1.54) is 6.42 Å². The topological polar surface area (TPSA) is 46.5 Å². The molecule has 0 aliphatic carbocycles.